The van der Waals surface area contributed by atoms with E-state index < -0.39 is 0 Å². The highest BCUT2D eigenvalue weighted by atomic mass is 32.1. The molecule has 0 aliphatic rings. The average molecular weight is 407 g/mol. The average Bonchev–Trinajstić information content (AvgIpc) is 3.37. The van der Waals surface area contributed by atoms with E-state index in [1.807, 2.05) is 53.9 Å². The molecule has 0 bridgehead atoms. The molecule has 2 aromatic carbocycles. The van der Waals surface area contributed by atoms with Crippen molar-refractivity contribution in [3.05, 3.63) is 81.5 Å². The number of amides is 1. The number of nitrogens with one attached hydrogen (secondary N) is 1. The van der Waals surface area contributed by atoms with Crippen LogP contribution >= 0.6 is 22.7 Å². The molecule has 4 nitrogen and oxygen atoms in total. The Labute approximate surface area is 170 Å². The number of Topliss-reactive ketones (excluding diaryl/α,β-unsaturated/α-hetero) is 1. The summed E-state index contributed by atoms with van der Waals surface area (Å²) in [5.41, 5.74) is 2.91. The second kappa shape index (κ2) is 8.46. The van der Waals surface area contributed by atoms with E-state index in [9.17, 15) is 9.59 Å². The monoisotopic (exact) mass is 406 g/mol. The predicted octanol–water partition coefficient (Wildman–Crippen LogP) is 5.55. The van der Waals surface area contributed by atoms with Crippen molar-refractivity contribution in [2.75, 3.05) is 5.32 Å². The molecule has 1 amide bonds. The zero-order chi connectivity index (χ0) is 19.3. The van der Waals surface area contributed by atoms with Crippen LogP contribution in [0.5, 0.6) is 0 Å². The largest absolute Gasteiger partial charge is 0.326 e. The number of rotatable bonds is 7. The molecule has 0 fully saturated rings. The maximum atomic E-state index is 12.1. The van der Waals surface area contributed by atoms with Crippen LogP contribution in [0.4, 0.5) is 5.69 Å². The zero-order valence-corrected chi connectivity index (χ0v) is 16.7. The second-order valence-electron chi connectivity index (χ2n) is 6.40. The van der Waals surface area contributed by atoms with E-state index in [1.54, 1.807) is 17.4 Å². The third-order valence-electron chi connectivity index (χ3n) is 4.31. The van der Waals surface area contributed by atoms with Crippen molar-refractivity contribution < 1.29 is 9.59 Å². The number of hydrogen-bond donors (Lipinski definition) is 1. The number of benzene rings is 2. The minimum Gasteiger partial charge on any atom is -0.326 e. The van der Waals surface area contributed by atoms with Crippen molar-refractivity contribution in [1.82, 2.24) is 4.98 Å². The molecule has 6 heteroatoms. The van der Waals surface area contributed by atoms with Gasteiger partial charge in [-0.3, -0.25) is 9.59 Å². The van der Waals surface area contributed by atoms with E-state index in [0.717, 1.165) is 28.2 Å². The van der Waals surface area contributed by atoms with Crippen molar-refractivity contribution in [3.8, 4) is 0 Å². The number of ketones is 1. The van der Waals surface area contributed by atoms with Gasteiger partial charge in [-0.1, -0.05) is 30.3 Å². The van der Waals surface area contributed by atoms with Crippen molar-refractivity contribution in [2.45, 2.75) is 19.3 Å². The molecule has 0 radical (unpaired) electrons. The Morgan fingerprint density at radius 1 is 0.929 bits per heavy atom. The van der Waals surface area contributed by atoms with Gasteiger partial charge in [-0.15, -0.1) is 22.7 Å². The quantitative estimate of drug-likeness (QED) is 0.409. The highest BCUT2D eigenvalue weighted by Gasteiger charge is 2.10. The molecule has 4 rings (SSSR count). The first-order valence-electron chi connectivity index (χ1n) is 8.97. The Morgan fingerprint density at radius 2 is 1.75 bits per heavy atom. The van der Waals surface area contributed by atoms with Crippen LogP contribution in [-0.4, -0.2) is 16.7 Å². The molecule has 0 aliphatic carbocycles. The number of nitrogens with zero attached hydrogens (tertiary/aromatic N) is 1. The first-order chi connectivity index (χ1) is 13.7. The lowest BCUT2D eigenvalue weighted by Crippen LogP contribution is -2.13. The van der Waals surface area contributed by atoms with Crippen LogP contribution in [0.1, 0.15) is 33.1 Å². The zero-order valence-electron chi connectivity index (χ0n) is 15.1. The summed E-state index contributed by atoms with van der Waals surface area (Å²) in [6, 6.07) is 19.5. The summed E-state index contributed by atoms with van der Waals surface area (Å²) in [6.07, 6.45) is 1.18. The van der Waals surface area contributed by atoms with Crippen LogP contribution < -0.4 is 5.32 Å². The first-order valence-corrected chi connectivity index (χ1v) is 10.7. The number of para-hydroxylation sites is 1. The van der Waals surface area contributed by atoms with Crippen LogP contribution in [0, 0.1) is 0 Å². The Balaban J connectivity index is 1.31. The third-order valence-corrected chi connectivity index (χ3v) is 6.25. The van der Waals surface area contributed by atoms with Gasteiger partial charge in [0, 0.05) is 24.9 Å². The molecule has 0 atom stereocenters. The number of aromatic nitrogens is 1. The summed E-state index contributed by atoms with van der Waals surface area (Å²) in [6.45, 7) is 0. The number of thiophene rings is 1. The van der Waals surface area contributed by atoms with Crippen LogP contribution in [0.15, 0.2) is 66.0 Å². The normalized spacial score (nSPS) is 10.9. The molecular formula is C22H18N2O2S2. The van der Waals surface area contributed by atoms with Gasteiger partial charge in [0.1, 0.15) is 0 Å². The van der Waals surface area contributed by atoms with Gasteiger partial charge in [-0.25, -0.2) is 4.98 Å². The lowest BCUT2D eigenvalue weighted by Gasteiger charge is -2.06. The minimum atomic E-state index is -0.149. The standard InChI is InChI=1S/C22H18N2O2S2/c25-18(20-6-3-13-27-20)11-12-21(26)23-16-9-7-15(8-10-16)14-22-24-17-4-1-2-5-19(17)28-22/h1-10,13H,11-12,14H2,(H,23,26). The first kappa shape index (κ1) is 18.5. The summed E-state index contributed by atoms with van der Waals surface area (Å²) in [5.74, 6) is -0.139. The van der Waals surface area contributed by atoms with Gasteiger partial charge in [0.2, 0.25) is 5.91 Å². The summed E-state index contributed by atoms with van der Waals surface area (Å²) in [7, 11) is 0. The lowest BCUT2D eigenvalue weighted by molar-refractivity contribution is -0.116. The molecule has 140 valence electrons. The highest BCUT2D eigenvalue weighted by molar-refractivity contribution is 7.18. The Bertz CT molecular complexity index is 1070. The summed E-state index contributed by atoms with van der Waals surface area (Å²) < 4.78 is 1.19. The van der Waals surface area contributed by atoms with E-state index in [2.05, 4.69) is 16.4 Å². The maximum absolute atomic E-state index is 12.1. The van der Waals surface area contributed by atoms with Gasteiger partial charge in [0.25, 0.3) is 0 Å². The molecule has 0 spiro atoms. The molecule has 4 aromatic rings. The van der Waals surface area contributed by atoms with E-state index in [0.29, 0.717) is 4.88 Å². The number of carbonyl (C=O) groups excluding carboxylic acids is 2. The molecular weight excluding hydrogens is 388 g/mol. The van der Waals surface area contributed by atoms with Gasteiger partial charge in [-0.2, -0.15) is 0 Å². The molecule has 1 N–H and O–H groups in total. The second-order valence-corrected chi connectivity index (χ2v) is 8.46. The number of thiazole rings is 1. The van der Waals surface area contributed by atoms with Gasteiger partial charge in [0.15, 0.2) is 5.78 Å². The van der Waals surface area contributed by atoms with E-state index in [1.165, 1.54) is 16.0 Å². The fourth-order valence-corrected chi connectivity index (χ4v) is 4.58. The third kappa shape index (κ3) is 4.52. The van der Waals surface area contributed by atoms with Crippen LogP contribution in [0.3, 0.4) is 0 Å². The van der Waals surface area contributed by atoms with Crippen LogP contribution in [0.25, 0.3) is 10.2 Å². The number of hydrogen-bond acceptors (Lipinski definition) is 5. The molecule has 0 unspecified atom stereocenters. The Morgan fingerprint density at radius 3 is 2.50 bits per heavy atom. The molecule has 28 heavy (non-hydrogen) atoms. The van der Waals surface area contributed by atoms with Crippen molar-refractivity contribution >= 4 is 50.3 Å². The van der Waals surface area contributed by atoms with E-state index in [4.69, 9.17) is 0 Å². The summed E-state index contributed by atoms with van der Waals surface area (Å²) >= 11 is 3.11. The number of fused-ring (bicyclic) bond motifs is 1. The molecule has 0 saturated heterocycles. The van der Waals surface area contributed by atoms with Gasteiger partial charge in [0.05, 0.1) is 20.1 Å². The number of anilines is 1. The minimum absolute atomic E-state index is 0.0105. The fraction of sp³-hybridized carbons (Fsp3) is 0.136. The van der Waals surface area contributed by atoms with Crippen LogP contribution in [-0.2, 0) is 11.2 Å². The van der Waals surface area contributed by atoms with Gasteiger partial charge in [-0.05, 0) is 41.3 Å². The Kier molecular flexibility index (Phi) is 5.60. The molecule has 0 saturated carbocycles. The Hall–Kier alpha value is -2.83. The van der Waals surface area contributed by atoms with Crippen molar-refractivity contribution in [1.29, 1.82) is 0 Å². The van der Waals surface area contributed by atoms with Crippen molar-refractivity contribution in [3.63, 3.8) is 0 Å². The molecule has 2 aromatic heterocycles. The smallest absolute Gasteiger partial charge is 0.224 e. The van der Waals surface area contributed by atoms with E-state index in [-0.39, 0.29) is 24.5 Å². The fourth-order valence-electron chi connectivity index (χ4n) is 2.89. The molecule has 2 heterocycles. The van der Waals surface area contributed by atoms with Gasteiger partial charge >= 0.3 is 0 Å². The van der Waals surface area contributed by atoms with Gasteiger partial charge < -0.3 is 5.32 Å². The van der Waals surface area contributed by atoms with E-state index >= 15 is 0 Å². The van der Waals surface area contributed by atoms with Crippen molar-refractivity contribution in [2.24, 2.45) is 0 Å². The van der Waals surface area contributed by atoms with Crippen LogP contribution in [0.2, 0.25) is 0 Å². The SMILES string of the molecule is O=C(CCC(=O)c1cccs1)Nc1ccc(Cc2nc3ccccc3s2)cc1. The summed E-state index contributed by atoms with van der Waals surface area (Å²) in [4.78, 5) is 29.4. The lowest BCUT2D eigenvalue weighted by atomic mass is 10.1. The summed E-state index contributed by atoms with van der Waals surface area (Å²) in [5, 5.41) is 5.79. The topological polar surface area (TPSA) is 59.1 Å². The maximum Gasteiger partial charge on any atom is 0.224 e. The highest BCUT2D eigenvalue weighted by Crippen LogP contribution is 2.24. The molecule has 0 aliphatic heterocycles. The predicted molar refractivity (Wildman–Crippen MR) is 115 cm³/mol. The number of carbonyl (C=O) groups is 2.